The van der Waals surface area contributed by atoms with Gasteiger partial charge in [-0.2, -0.15) is 0 Å². The van der Waals surface area contributed by atoms with Gasteiger partial charge in [-0.3, -0.25) is 19.7 Å². The summed E-state index contributed by atoms with van der Waals surface area (Å²) in [6.45, 7) is 5.88. The van der Waals surface area contributed by atoms with Crippen molar-refractivity contribution in [2.45, 2.75) is 64.3 Å². The van der Waals surface area contributed by atoms with Gasteiger partial charge in [0.2, 0.25) is 0 Å². The molecular weight excluding hydrogens is 410 g/mol. The van der Waals surface area contributed by atoms with Crippen molar-refractivity contribution in [3.05, 3.63) is 28.3 Å². The van der Waals surface area contributed by atoms with Crippen LogP contribution in [0.5, 0.6) is 0 Å². The standard InChI is InChI=1S/C20H27N3O6S/c1-4-14(3)29-19(25)13-22-17-10-9-15(23(26)27)12-16(17)21-20(22)30-11-7-6-8-18(24)28-5-2/h9-10,12,14H,4-8,11,13H2,1-3H3. The SMILES string of the molecule is CCOC(=O)CCCCSc1nc2cc([N+](=O)[O-])ccc2n1CC(=O)OC(C)CC. The Kier molecular flexibility index (Phi) is 9.10. The topological polar surface area (TPSA) is 114 Å². The molecule has 1 atom stereocenters. The number of aromatic nitrogens is 2. The Morgan fingerprint density at radius 2 is 2.03 bits per heavy atom. The van der Waals surface area contributed by atoms with Gasteiger partial charge in [0.05, 0.1) is 28.7 Å². The Morgan fingerprint density at radius 3 is 2.70 bits per heavy atom. The van der Waals surface area contributed by atoms with E-state index < -0.39 is 4.92 Å². The van der Waals surface area contributed by atoms with Crippen molar-refractivity contribution in [3.8, 4) is 0 Å². The van der Waals surface area contributed by atoms with Crippen LogP contribution in [0.1, 0.15) is 46.5 Å². The average molecular weight is 438 g/mol. The Hall–Kier alpha value is -2.62. The van der Waals surface area contributed by atoms with E-state index in [4.69, 9.17) is 9.47 Å². The first kappa shape index (κ1) is 23.7. The molecule has 0 aliphatic heterocycles. The van der Waals surface area contributed by atoms with E-state index in [0.29, 0.717) is 47.8 Å². The molecule has 1 unspecified atom stereocenters. The molecule has 1 aromatic heterocycles. The molecule has 0 fully saturated rings. The zero-order valence-electron chi connectivity index (χ0n) is 17.5. The Balaban J connectivity index is 2.13. The molecular formula is C20H27N3O6S. The van der Waals surface area contributed by atoms with Crippen LogP contribution in [-0.2, 0) is 25.6 Å². The number of ether oxygens (including phenoxy) is 2. The maximum atomic E-state index is 12.3. The highest BCUT2D eigenvalue weighted by Gasteiger charge is 2.18. The van der Waals surface area contributed by atoms with Gasteiger partial charge >= 0.3 is 11.9 Å². The number of imidazole rings is 1. The number of esters is 2. The van der Waals surface area contributed by atoms with E-state index in [2.05, 4.69) is 4.98 Å². The number of unbranched alkanes of at least 4 members (excludes halogenated alkanes) is 1. The fourth-order valence-electron chi connectivity index (χ4n) is 2.71. The van der Waals surface area contributed by atoms with Crippen LogP contribution in [0.25, 0.3) is 11.0 Å². The summed E-state index contributed by atoms with van der Waals surface area (Å²) in [4.78, 5) is 38.8. The second-order valence-corrected chi connectivity index (χ2v) is 7.79. The molecule has 0 amide bonds. The van der Waals surface area contributed by atoms with E-state index >= 15 is 0 Å². The third-order valence-electron chi connectivity index (χ3n) is 4.41. The minimum atomic E-state index is -0.474. The van der Waals surface area contributed by atoms with E-state index in [-0.39, 0.29) is 30.3 Å². The summed E-state index contributed by atoms with van der Waals surface area (Å²) in [5.74, 6) is 0.0894. The molecule has 164 valence electrons. The number of benzene rings is 1. The molecule has 0 saturated carbocycles. The first-order chi connectivity index (χ1) is 14.3. The molecule has 1 heterocycles. The van der Waals surface area contributed by atoms with Gasteiger partial charge in [0.15, 0.2) is 5.16 Å². The highest BCUT2D eigenvalue weighted by atomic mass is 32.2. The van der Waals surface area contributed by atoms with Crippen molar-refractivity contribution in [1.82, 2.24) is 9.55 Å². The number of hydrogen-bond acceptors (Lipinski definition) is 8. The lowest BCUT2D eigenvalue weighted by Gasteiger charge is -2.13. The van der Waals surface area contributed by atoms with Crippen LogP contribution in [0, 0.1) is 10.1 Å². The third kappa shape index (κ3) is 6.72. The number of thioether (sulfide) groups is 1. The number of nitro groups is 1. The fraction of sp³-hybridized carbons (Fsp3) is 0.550. The zero-order valence-corrected chi connectivity index (χ0v) is 18.3. The quantitative estimate of drug-likeness (QED) is 0.160. The Morgan fingerprint density at radius 1 is 1.27 bits per heavy atom. The van der Waals surface area contributed by atoms with Gasteiger partial charge in [-0.05, 0) is 39.2 Å². The monoisotopic (exact) mass is 437 g/mol. The minimum absolute atomic E-state index is 0.0240. The number of fused-ring (bicyclic) bond motifs is 1. The molecule has 2 rings (SSSR count). The molecule has 2 aromatic rings. The predicted molar refractivity (Wildman–Crippen MR) is 113 cm³/mol. The number of nitrogens with zero attached hydrogens (tertiary/aromatic N) is 3. The van der Waals surface area contributed by atoms with Gasteiger partial charge < -0.3 is 14.0 Å². The maximum Gasteiger partial charge on any atom is 0.326 e. The summed E-state index contributed by atoms with van der Waals surface area (Å²) in [5, 5.41) is 11.7. The zero-order chi connectivity index (χ0) is 22.1. The lowest BCUT2D eigenvalue weighted by Crippen LogP contribution is -2.19. The first-order valence-corrected chi connectivity index (χ1v) is 11.0. The molecule has 30 heavy (non-hydrogen) atoms. The van der Waals surface area contributed by atoms with Crippen LogP contribution >= 0.6 is 11.8 Å². The maximum absolute atomic E-state index is 12.3. The van der Waals surface area contributed by atoms with Gasteiger partial charge in [0.1, 0.15) is 6.54 Å². The Bertz CT molecular complexity index is 898. The molecule has 0 aliphatic rings. The fourth-order valence-corrected chi connectivity index (χ4v) is 3.73. The molecule has 0 N–H and O–H groups in total. The van der Waals surface area contributed by atoms with E-state index in [9.17, 15) is 19.7 Å². The summed E-state index contributed by atoms with van der Waals surface area (Å²) in [6, 6.07) is 4.40. The summed E-state index contributed by atoms with van der Waals surface area (Å²) in [5.41, 5.74) is 1.03. The van der Waals surface area contributed by atoms with Crippen molar-refractivity contribution in [3.63, 3.8) is 0 Å². The highest BCUT2D eigenvalue weighted by Crippen LogP contribution is 2.28. The molecule has 0 aliphatic carbocycles. The molecule has 1 aromatic carbocycles. The van der Waals surface area contributed by atoms with Crippen molar-refractivity contribution in [1.29, 1.82) is 0 Å². The smallest absolute Gasteiger partial charge is 0.326 e. The first-order valence-electron chi connectivity index (χ1n) is 9.98. The third-order valence-corrected chi connectivity index (χ3v) is 5.48. The van der Waals surface area contributed by atoms with Crippen molar-refractivity contribution >= 4 is 40.4 Å². The van der Waals surface area contributed by atoms with Crippen LogP contribution in [0.2, 0.25) is 0 Å². The van der Waals surface area contributed by atoms with Crippen molar-refractivity contribution in [2.75, 3.05) is 12.4 Å². The summed E-state index contributed by atoms with van der Waals surface area (Å²) in [7, 11) is 0. The highest BCUT2D eigenvalue weighted by molar-refractivity contribution is 7.99. The lowest BCUT2D eigenvalue weighted by atomic mass is 10.2. The van der Waals surface area contributed by atoms with E-state index in [0.717, 1.165) is 6.42 Å². The van der Waals surface area contributed by atoms with Gasteiger partial charge in [0, 0.05) is 24.3 Å². The number of rotatable bonds is 12. The predicted octanol–water partition coefficient (Wildman–Crippen LogP) is 4.11. The molecule has 0 bridgehead atoms. The van der Waals surface area contributed by atoms with Gasteiger partial charge in [-0.15, -0.1) is 0 Å². The van der Waals surface area contributed by atoms with Crippen LogP contribution in [0.4, 0.5) is 5.69 Å². The number of hydrogen-bond donors (Lipinski definition) is 0. The number of carbonyl (C=O) groups is 2. The second kappa shape index (κ2) is 11.5. The molecule has 9 nitrogen and oxygen atoms in total. The number of carbonyl (C=O) groups excluding carboxylic acids is 2. The van der Waals surface area contributed by atoms with Crippen molar-refractivity contribution < 1.29 is 24.0 Å². The average Bonchev–Trinajstić information content (AvgIpc) is 3.04. The normalized spacial score (nSPS) is 12.0. The van der Waals surface area contributed by atoms with E-state index in [1.165, 1.54) is 23.9 Å². The molecule has 0 radical (unpaired) electrons. The van der Waals surface area contributed by atoms with Crippen molar-refractivity contribution in [2.24, 2.45) is 0 Å². The summed E-state index contributed by atoms with van der Waals surface area (Å²) < 4.78 is 12.0. The van der Waals surface area contributed by atoms with Gasteiger partial charge in [0.25, 0.3) is 5.69 Å². The second-order valence-electron chi connectivity index (χ2n) is 6.73. The summed E-state index contributed by atoms with van der Waals surface area (Å²) >= 11 is 1.44. The largest absolute Gasteiger partial charge is 0.466 e. The number of non-ortho nitro benzene ring substituents is 1. The molecule has 10 heteroatoms. The molecule has 0 saturated heterocycles. The van der Waals surface area contributed by atoms with Crippen LogP contribution < -0.4 is 0 Å². The summed E-state index contributed by atoms with van der Waals surface area (Å²) in [6.07, 6.45) is 2.34. The molecule has 0 spiro atoms. The minimum Gasteiger partial charge on any atom is -0.466 e. The lowest BCUT2D eigenvalue weighted by molar-refractivity contribution is -0.384. The van der Waals surface area contributed by atoms with E-state index in [1.54, 1.807) is 17.6 Å². The van der Waals surface area contributed by atoms with Gasteiger partial charge in [-0.1, -0.05) is 18.7 Å². The van der Waals surface area contributed by atoms with Gasteiger partial charge in [-0.25, -0.2) is 4.98 Å². The van der Waals surface area contributed by atoms with Crippen LogP contribution in [-0.4, -0.2) is 44.9 Å². The van der Waals surface area contributed by atoms with E-state index in [1.807, 2.05) is 13.8 Å². The van der Waals surface area contributed by atoms with Crippen LogP contribution in [0.15, 0.2) is 23.4 Å². The number of nitro benzene ring substituents is 1. The van der Waals surface area contributed by atoms with Crippen LogP contribution in [0.3, 0.4) is 0 Å². The Labute approximate surface area is 179 Å².